The van der Waals surface area contributed by atoms with Crippen LogP contribution in [0, 0.1) is 11.2 Å². The average molecular weight is 404 g/mol. The number of nitrogens with zero attached hydrogens (tertiary/aromatic N) is 2. The maximum atomic E-state index is 13.7. The van der Waals surface area contributed by atoms with Gasteiger partial charge in [-0.15, -0.1) is 10.2 Å². The van der Waals surface area contributed by atoms with Crippen molar-refractivity contribution >= 4 is 50.1 Å². The molecule has 0 bridgehead atoms. The molecule has 22 heavy (non-hydrogen) atoms. The second-order valence-corrected chi connectivity index (χ2v) is 8.72. The molecule has 1 amide bonds. The summed E-state index contributed by atoms with van der Waals surface area (Å²) in [5.41, 5.74) is 0.114. The van der Waals surface area contributed by atoms with Gasteiger partial charge in [0.15, 0.2) is 4.34 Å². The molecule has 0 aliphatic heterocycles. The molecular formula is C14H15BrFN3OS2. The summed E-state index contributed by atoms with van der Waals surface area (Å²) in [6, 6.07) is 4.97. The van der Waals surface area contributed by atoms with Crippen molar-refractivity contribution in [1.29, 1.82) is 0 Å². The molecule has 0 atom stereocenters. The Kier molecular flexibility index (Phi) is 5.57. The van der Waals surface area contributed by atoms with Gasteiger partial charge in [0.05, 0.1) is 0 Å². The third kappa shape index (κ3) is 4.76. The van der Waals surface area contributed by atoms with Crippen LogP contribution in [0.15, 0.2) is 27.0 Å². The lowest BCUT2D eigenvalue weighted by molar-refractivity contribution is -0.123. The van der Waals surface area contributed by atoms with Gasteiger partial charge in [0.1, 0.15) is 5.82 Å². The maximum absolute atomic E-state index is 13.7. The van der Waals surface area contributed by atoms with Crippen molar-refractivity contribution < 1.29 is 9.18 Å². The first-order chi connectivity index (χ1) is 10.3. The van der Waals surface area contributed by atoms with Crippen molar-refractivity contribution in [2.24, 2.45) is 5.41 Å². The highest BCUT2D eigenvalue weighted by atomic mass is 79.9. The Labute approximate surface area is 145 Å². The molecule has 2 rings (SSSR count). The zero-order chi connectivity index (χ0) is 16.3. The van der Waals surface area contributed by atoms with Gasteiger partial charge in [-0.25, -0.2) is 4.39 Å². The molecule has 0 aliphatic rings. The molecule has 0 spiro atoms. The minimum absolute atomic E-state index is 0.112. The molecule has 4 nitrogen and oxygen atoms in total. The van der Waals surface area contributed by atoms with Crippen LogP contribution in [0.1, 0.15) is 26.3 Å². The fourth-order valence-corrected chi connectivity index (χ4v) is 3.45. The number of hydrogen-bond acceptors (Lipinski definition) is 5. The van der Waals surface area contributed by atoms with Crippen molar-refractivity contribution in [3.05, 3.63) is 34.1 Å². The SMILES string of the molecule is CC(C)(C)C(=O)Nc1nnc(SCc2ccc(Br)cc2F)s1. The zero-order valence-corrected chi connectivity index (χ0v) is 15.5. The number of thioether (sulfide) groups is 1. The molecule has 1 aromatic carbocycles. The summed E-state index contributed by atoms with van der Waals surface area (Å²) in [4.78, 5) is 11.9. The smallest absolute Gasteiger partial charge is 0.231 e. The Morgan fingerprint density at radius 1 is 1.41 bits per heavy atom. The first kappa shape index (κ1) is 17.4. The number of aromatic nitrogens is 2. The van der Waals surface area contributed by atoms with Crippen LogP contribution in [0.3, 0.4) is 0 Å². The summed E-state index contributed by atoms with van der Waals surface area (Å²) in [6.07, 6.45) is 0. The normalized spacial score (nSPS) is 11.5. The molecule has 1 N–H and O–H groups in total. The van der Waals surface area contributed by atoms with Gasteiger partial charge < -0.3 is 5.32 Å². The number of halogens is 2. The number of nitrogens with one attached hydrogen (secondary N) is 1. The van der Waals surface area contributed by atoms with Crippen molar-refractivity contribution in [3.8, 4) is 0 Å². The zero-order valence-electron chi connectivity index (χ0n) is 12.3. The molecule has 0 radical (unpaired) electrons. The summed E-state index contributed by atoms with van der Waals surface area (Å²) in [5.74, 6) is 0.0906. The van der Waals surface area contributed by atoms with Crippen molar-refractivity contribution in [2.45, 2.75) is 30.9 Å². The highest BCUT2D eigenvalue weighted by Gasteiger charge is 2.22. The lowest BCUT2D eigenvalue weighted by Gasteiger charge is -2.15. The van der Waals surface area contributed by atoms with Crippen LogP contribution in [0.2, 0.25) is 0 Å². The van der Waals surface area contributed by atoms with E-state index in [4.69, 9.17) is 0 Å². The summed E-state index contributed by atoms with van der Waals surface area (Å²) >= 11 is 5.90. The molecule has 0 unspecified atom stereocenters. The van der Waals surface area contributed by atoms with Crippen LogP contribution < -0.4 is 5.32 Å². The van der Waals surface area contributed by atoms with Crippen molar-refractivity contribution in [1.82, 2.24) is 10.2 Å². The first-order valence-corrected chi connectivity index (χ1v) is 9.07. The van der Waals surface area contributed by atoms with E-state index in [2.05, 4.69) is 31.4 Å². The van der Waals surface area contributed by atoms with E-state index in [9.17, 15) is 9.18 Å². The molecule has 0 saturated heterocycles. The molecule has 0 aliphatic carbocycles. The Hall–Kier alpha value is -0.990. The lowest BCUT2D eigenvalue weighted by Crippen LogP contribution is -2.27. The van der Waals surface area contributed by atoms with Crippen LogP contribution in [-0.2, 0) is 10.5 Å². The van der Waals surface area contributed by atoms with E-state index in [1.54, 1.807) is 12.1 Å². The van der Waals surface area contributed by atoms with Gasteiger partial charge in [0.25, 0.3) is 0 Å². The van der Waals surface area contributed by atoms with Gasteiger partial charge in [-0.2, -0.15) is 0 Å². The number of rotatable bonds is 4. The predicted octanol–water partition coefficient (Wildman–Crippen LogP) is 4.72. The lowest BCUT2D eigenvalue weighted by atomic mass is 9.96. The fraction of sp³-hybridized carbons (Fsp3) is 0.357. The Bertz CT molecular complexity index is 685. The highest BCUT2D eigenvalue weighted by molar-refractivity contribution is 9.10. The summed E-state index contributed by atoms with van der Waals surface area (Å²) in [7, 11) is 0. The number of benzene rings is 1. The monoisotopic (exact) mass is 403 g/mol. The van der Waals surface area contributed by atoms with E-state index in [0.29, 0.717) is 25.3 Å². The Morgan fingerprint density at radius 3 is 2.77 bits per heavy atom. The summed E-state index contributed by atoms with van der Waals surface area (Å²) in [5, 5.41) is 11.1. The van der Waals surface area contributed by atoms with Gasteiger partial charge in [0, 0.05) is 15.6 Å². The van der Waals surface area contributed by atoms with Crippen molar-refractivity contribution in [3.63, 3.8) is 0 Å². The average Bonchev–Trinajstić information content (AvgIpc) is 2.84. The molecular weight excluding hydrogens is 389 g/mol. The van der Waals surface area contributed by atoms with E-state index >= 15 is 0 Å². The van der Waals surface area contributed by atoms with Crippen LogP contribution in [-0.4, -0.2) is 16.1 Å². The van der Waals surface area contributed by atoms with E-state index in [0.717, 1.165) is 0 Å². The molecule has 1 aromatic heterocycles. The van der Waals surface area contributed by atoms with E-state index < -0.39 is 5.41 Å². The van der Waals surface area contributed by atoms with Gasteiger partial charge in [-0.1, -0.05) is 65.9 Å². The van der Waals surface area contributed by atoms with E-state index in [1.165, 1.54) is 29.2 Å². The quantitative estimate of drug-likeness (QED) is 0.592. The third-order valence-corrected chi connectivity index (χ3v) is 5.19. The van der Waals surface area contributed by atoms with E-state index in [1.807, 2.05) is 20.8 Å². The second-order valence-electron chi connectivity index (χ2n) is 5.60. The molecule has 0 saturated carbocycles. The van der Waals surface area contributed by atoms with Crippen molar-refractivity contribution in [2.75, 3.05) is 5.32 Å². The topological polar surface area (TPSA) is 54.9 Å². The standard InChI is InChI=1S/C14H15BrFN3OS2/c1-14(2,3)11(20)17-12-18-19-13(22-12)21-7-8-4-5-9(15)6-10(8)16/h4-6H,7H2,1-3H3,(H,17,18,20). The predicted molar refractivity (Wildman–Crippen MR) is 91.7 cm³/mol. The van der Waals surface area contributed by atoms with Gasteiger partial charge >= 0.3 is 0 Å². The number of carbonyl (C=O) groups excluding carboxylic acids is 1. The van der Waals surface area contributed by atoms with Gasteiger partial charge in [0.2, 0.25) is 11.0 Å². The minimum atomic E-state index is -0.487. The van der Waals surface area contributed by atoms with Crippen LogP contribution >= 0.6 is 39.0 Å². The maximum Gasteiger partial charge on any atom is 0.231 e. The Morgan fingerprint density at radius 2 is 2.14 bits per heavy atom. The molecule has 8 heteroatoms. The number of hydrogen-bond donors (Lipinski definition) is 1. The summed E-state index contributed by atoms with van der Waals surface area (Å²) in [6.45, 7) is 5.49. The van der Waals surface area contributed by atoms with Crippen LogP contribution in [0.4, 0.5) is 9.52 Å². The van der Waals surface area contributed by atoms with Crippen LogP contribution in [0.25, 0.3) is 0 Å². The number of carbonyl (C=O) groups is 1. The van der Waals surface area contributed by atoms with E-state index in [-0.39, 0.29) is 11.7 Å². The van der Waals surface area contributed by atoms with Gasteiger partial charge in [-0.05, 0) is 17.7 Å². The number of amides is 1. The largest absolute Gasteiger partial charge is 0.300 e. The first-order valence-electron chi connectivity index (χ1n) is 6.47. The van der Waals surface area contributed by atoms with Gasteiger partial charge in [-0.3, -0.25) is 4.79 Å². The Balaban J connectivity index is 1.96. The highest BCUT2D eigenvalue weighted by Crippen LogP contribution is 2.30. The third-order valence-electron chi connectivity index (χ3n) is 2.67. The molecule has 118 valence electrons. The molecule has 2 aromatic rings. The minimum Gasteiger partial charge on any atom is -0.300 e. The second kappa shape index (κ2) is 7.06. The fourth-order valence-electron chi connectivity index (χ4n) is 1.38. The molecule has 0 fully saturated rings. The van der Waals surface area contributed by atoms with Crippen LogP contribution in [0.5, 0.6) is 0 Å². The number of anilines is 1. The summed E-state index contributed by atoms with van der Waals surface area (Å²) < 4.78 is 15.1. The molecule has 1 heterocycles.